The zero-order valence-corrected chi connectivity index (χ0v) is 12.2. The summed E-state index contributed by atoms with van der Waals surface area (Å²) in [5.41, 5.74) is 1.58. The van der Waals surface area contributed by atoms with E-state index in [0.717, 1.165) is 0 Å². The van der Waals surface area contributed by atoms with E-state index in [1.54, 1.807) is 13.0 Å². The Kier molecular flexibility index (Phi) is 3.65. The summed E-state index contributed by atoms with van der Waals surface area (Å²) in [6.07, 6.45) is 0. The standard InChI is InChI=1S/C12H11IN2O4/c1-7-2-3-9(15(18)19)5-10(7)14-11(16)4-8(6-13)12(14)17/h2-5,16-17H,6H2,1H3. The van der Waals surface area contributed by atoms with E-state index >= 15 is 0 Å². The van der Waals surface area contributed by atoms with Crippen molar-refractivity contribution in [2.75, 3.05) is 0 Å². The van der Waals surface area contributed by atoms with Crippen LogP contribution in [0.2, 0.25) is 0 Å². The number of halogens is 1. The molecule has 7 heteroatoms. The Balaban J connectivity index is 2.68. The molecule has 0 saturated carbocycles. The summed E-state index contributed by atoms with van der Waals surface area (Å²) in [4.78, 5) is 10.3. The highest BCUT2D eigenvalue weighted by Crippen LogP contribution is 2.35. The number of benzene rings is 1. The zero-order chi connectivity index (χ0) is 14.2. The van der Waals surface area contributed by atoms with Gasteiger partial charge in [0, 0.05) is 28.2 Å². The summed E-state index contributed by atoms with van der Waals surface area (Å²) in [7, 11) is 0. The number of nitrogens with zero attached hydrogens (tertiary/aromatic N) is 2. The molecule has 0 spiro atoms. The molecule has 19 heavy (non-hydrogen) atoms. The van der Waals surface area contributed by atoms with Crippen molar-refractivity contribution in [3.8, 4) is 17.4 Å². The smallest absolute Gasteiger partial charge is 0.271 e. The van der Waals surface area contributed by atoms with Crippen molar-refractivity contribution in [1.29, 1.82) is 0 Å². The van der Waals surface area contributed by atoms with Crippen LogP contribution in [0.3, 0.4) is 0 Å². The van der Waals surface area contributed by atoms with Crippen LogP contribution in [0, 0.1) is 17.0 Å². The van der Waals surface area contributed by atoms with Gasteiger partial charge in [-0.15, -0.1) is 0 Å². The van der Waals surface area contributed by atoms with Gasteiger partial charge in [0.15, 0.2) is 5.88 Å². The minimum atomic E-state index is -0.514. The normalized spacial score (nSPS) is 10.6. The van der Waals surface area contributed by atoms with E-state index in [1.807, 2.05) is 0 Å². The van der Waals surface area contributed by atoms with Crippen molar-refractivity contribution in [2.24, 2.45) is 0 Å². The molecule has 0 unspecified atom stereocenters. The van der Waals surface area contributed by atoms with Crippen LogP contribution >= 0.6 is 22.6 Å². The van der Waals surface area contributed by atoms with E-state index in [0.29, 0.717) is 21.2 Å². The Morgan fingerprint density at radius 1 is 1.37 bits per heavy atom. The van der Waals surface area contributed by atoms with E-state index in [9.17, 15) is 20.3 Å². The molecule has 1 aromatic heterocycles. The molecule has 0 fully saturated rings. The molecule has 0 amide bonds. The highest BCUT2D eigenvalue weighted by atomic mass is 127. The number of nitro groups is 1. The second-order valence-electron chi connectivity index (χ2n) is 4.05. The molecule has 2 N–H and O–H groups in total. The fourth-order valence-electron chi connectivity index (χ4n) is 1.83. The van der Waals surface area contributed by atoms with Gasteiger partial charge >= 0.3 is 0 Å². The Morgan fingerprint density at radius 2 is 2.05 bits per heavy atom. The van der Waals surface area contributed by atoms with Gasteiger partial charge in [-0.05, 0) is 12.5 Å². The van der Waals surface area contributed by atoms with Crippen LogP contribution in [0.25, 0.3) is 5.69 Å². The van der Waals surface area contributed by atoms with Crippen molar-refractivity contribution in [2.45, 2.75) is 11.4 Å². The maximum atomic E-state index is 10.8. The molecule has 0 atom stereocenters. The van der Waals surface area contributed by atoms with E-state index in [1.165, 1.54) is 22.8 Å². The van der Waals surface area contributed by atoms with Crippen molar-refractivity contribution >= 4 is 28.3 Å². The fourth-order valence-corrected chi connectivity index (χ4v) is 2.39. The lowest BCUT2D eigenvalue weighted by atomic mass is 10.2. The minimum Gasteiger partial charge on any atom is -0.494 e. The first-order valence-corrected chi connectivity index (χ1v) is 6.92. The summed E-state index contributed by atoms with van der Waals surface area (Å²) in [6, 6.07) is 5.73. The van der Waals surface area contributed by atoms with Crippen LogP contribution in [0.15, 0.2) is 24.3 Å². The van der Waals surface area contributed by atoms with Gasteiger partial charge in [0.25, 0.3) is 5.69 Å². The highest BCUT2D eigenvalue weighted by molar-refractivity contribution is 14.1. The lowest BCUT2D eigenvalue weighted by Crippen LogP contribution is -1.98. The van der Waals surface area contributed by atoms with Crippen molar-refractivity contribution in [3.63, 3.8) is 0 Å². The van der Waals surface area contributed by atoms with Gasteiger partial charge in [-0.1, -0.05) is 28.7 Å². The first-order chi connectivity index (χ1) is 8.95. The molecule has 0 aliphatic heterocycles. The number of nitro benzene ring substituents is 1. The topological polar surface area (TPSA) is 88.5 Å². The van der Waals surface area contributed by atoms with Gasteiger partial charge in [0.05, 0.1) is 10.6 Å². The number of aromatic nitrogens is 1. The first kappa shape index (κ1) is 13.7. The van der Waals surface area contributed by atoms with Crippen LogP contribution < -0.4 is 0 Å². The minimum absolute atomic E-state index is 0.0934. The summed E-state index contributed by atoms with van der Waals surface area (Å²) in [5.74, 6) is -0.247. The molecule has 6 nitrogen and oxygen atoms in total. The number of rotatable bonds is 3. The second-order valence-corrected chi connectivity index (χ2v) is 4.81. The largest absolute Gasteiger partial charge is 0.494 e. The molecule has 0 saturated heterocycles. The van der Waals surface area contributed by atoms with Crippen LogP contribution in [0.1, 0.15) is 11.1 Å². The number of aromatic hydroxyl groups is 2. The Labute approximate surface area is 122 Å². The summed E-state index contributed by atoms with van der Waals surface area (Å²) in [6.45, 7) is 1.75. The summed E-state index contributed by atoms with van der Waals surface area (Å²) >= 11 is 2.06. The predicted molar refractivity (Wildman–Crippen MR) is 78.2 cm³/mol. The van der Waals surface area contributed by atoms with E-state index in [2.05, 4.69) is 22.6 Å². The summed E-state index contributed by atoms with van der Waals surface area (Å²) < 4.78 is 1.73. The van der Waals surface area contributed by atoms with E-state index < -0.39 is 4.92 Å². The number of non-ortho nitro benzene ring substituents is 1. The molecular formula is C12H11IN2O4. The number of hydrogen-bond donors (Lipinski definition) is 2. The van der Waals surface area contributed by atoms with Gasteiger partial charge in [0.1, 0.15) is 0 Å². The third-order valence-corrected chi connectivity index (χ3v) is 3.64. The van der Waals surface area contributed by atoms with Crippen molar-refractivity contribution in [1.82, 2.24) is 4.57 Å². The van der Waals surface area contributed by atoms with Gasteiger partial charge in [-0.3, -0.25) is 14.7 Å². The fraction of sp³-hybridized carbons (Fsp3) is 0.167. The zero-order valence-electron chi connectivity index (χ0n) is 10.00. The Morgan fingerprint density at radius 3 is 2.58 bits per heavy atom. The van der Waals surface area contributed by atoms with E-state index in [4.69, 9.17) is 0 Å². The average Bonchev–Trinajstić information content (AvgIpc) is 2.65. The monoisotopic (exact) mass is 374 g/mol. The van der Waals surface area contributed by atoms with Crippen LogP contribution in [0.4, 0.5) is 5.69 Å². The molecule has 2 rings (SSSR count). The average molecular weight is 374 g/mol. The van der Waals surface area contributed by atoms with Crippen molar-refractivity contribution < 1.29 is 15.1 Å². The second kappa shape index (κ2) is 5.08. The van der Waals surface area contributed by atoms with Gasteiger partial charge < -0.3 is 10.2 Å². The Hall–Kier alpha value is -1.77. The molecule has 0 radical (unpaired) electrons. The van der Waals surface area contributed by atoms with Gasteiger partial charge in [-0.25, -0.2) is 0 Å². The molecule has 0 aliphatic rings. The van der Waals surface area contributed by atoms with Crippen LogP contribution in [-0.4, -0.2) is 19.7 Å². The third-order valence-electron chi connectivity index (χ3n) is 2.82. The molecule has 1 heterocycles. The van der Waals surface area contributed by atoms with Crippen LogP contribution in [0.5, 0.6) is 11.8 Å². The third kappa shape index (κ3) is 2.37. The van der Waals surface area contributed by atoms with E-state index in [-0.39, 0.29) is 17.4 Å². The van der Waals surface area contributed by atoms with Gasteiger partial charge in [0.2, 0.25) is 5.88 Å². The molecule has 0 bridgehead atoms. The summed E-state index contributed by atoms with van der Waals surface area (Å²) in [5, 5.41) is 30.7. The van der Waals surface area contributed by atoms with Crippen LogP contribution in [-0.2, 0) is 4.43 Å². The maximum absolute atomic E-state index is 10.8. The number of alkyl halides is 1. The first-order valence-electron chi connectivity index (χ1n) is 5.39. The number of hydrogen-bond acceptors (Lipinski definition) is 4. The lowest BCUT2D eigenvalue weighted by molar-refractivity contribution is -0.384. The molecule has 1 aromatic carbocycles. The molecule has 2 aromatic rings. The predicted octanol–water partition coefficient (Wildman–Crippen LogP) is 3.04. The SMILES string of the molecule is Cc1ccc([N+](=O)[O-])cc1-n1c(O)cc(CI)c1O. The quantitative estimate of drug-likeness (QED) is 0.374. The highest BCUT2D eigenvalue weighted by Gasteiger charge is 2.18. The molecular weight excluding hydrogens is 363 g/mol. The molecule has 0 aliphatic carbocycles. The van der Waals surface area contributed by atoms with Crippen molar-refractivity contribution in [3.05, 3.63) is 45.5 Å². The van der Waals surface area contributed by atoms with Gasteiger partial charge in [-0.2, -0.15) is 0 Å². The number of aryl methyl sites for hydroxylation is 1. The lowest BCUT2D eigenvalue weighted by Gasteiger charge is -2.10. The Bertz CT molecular complexity index is 651. The molecule has 100 valence electrons. The maximum Gasteiger partial charge on any atom is 0.271 e.